The van der Waals surface area contributed by atoms with Crippen molar-refractivity contribution in [2.45, 2.75) is 69.2 Å². The van der Waals surface area contributed by atoms with Crippen molar-refractivity contribution in [2.75, 3.05) is 12.0 Å². The van der Waals surface area contributed by atoms with Crippen molar-refractivity contribution in [3.8, 4) is 17.0 Å². The molecule has 2 unspecified atom stereocenters. The number of thiazole rings is 1. The normalized spacial score (nSPS) is 22.5. The van der Waals surface area contributed by atoms with Crippen molar-refractivity contribution in [3.05, 3.63) is 58.3 Å². The highest BCUT2D eigenvalue weighted by Gasteiger charge is 2.43. The number of fused-ring (bicyclic) bond motifs is 3. The summed E-state index contributed by atoms with van der Waals surface area (Å²) in [7, 11) is 1.55. The van der Waals surface area contributed by atoms with Gasteiger partial charge in [0, 0.05) is 29.1 Å². The van der Waals surface area contributed by atoms with Crippen molar-refractivity contribution in [3.63, 3.8) is 0 Å². The van der Waals surface area contributed by atoms with E-state index in [1.54, 1.807) is 19.2 Å². The Bertz CT molecular complexity index is 1550. The van der Waals surface area contributed by atoms with Gasteiger partial charge in [-0.15, -0.1) is 0 Å². The fraction of sp³-hybridized carbons (Fsp3) is 0.414. The first-order valence-corrected chi connectivity index (χ1v) is 14.5. The Morgan fingerprint density at radius 3 is 2.64 bits per heavy atom. The second-order valence-corrected chi connectivity index (χ2v) is 12.1. The number of anilines is 1. The summed E-state index contributed by atoms with van der Waals surface area (Å²) < 4.78 is 18.7. The number of aromatic carboxylic acids is 1. The molecule has 8 nitrogen and oxygen atoms in total. The zero-order chi connectivity index (χ0) is 26.7. The van der Waals surface area contributed by atoms with Crippen molar-refractivity contribution in [1.29, 1.82) is 0 Å². The maximum absolute atomic E-state index is 11.6. The van der Waals surface area contributed by atoms with E-state index in [4.69, 9.17) is 30.6 Å². The number of hydrogen-bond donors (Lipinski definition) is 1. The quantitative estimate of drug-likeness (QED) is 0.246. The van der Waals surface area contributed by atoms with Crippen LogP contribution in [-0.4, -0.2) is 46.5 Å². The number of carboxylic acids is 1. The number of benzene rings is 2. The second kappa shape index (κ2) is 9.80. The number of rotatable bonds is 8. The summed E-state index contributed by atoms with van der Waals surface area (Å²) in [5.41, 5.74) is 3.60. The molecule has 202 valence electrons. The van der Waals surface area contributed by atoms with Gasteiger partial charge in [-0.25, -0.2) is 9.78 Å². The van der Waals surface area contributed by atoms with E-state index in [1.807, 2.05) is 24.3 Å². The molecule has 1 aliphatic carbocycles. The number of halogens is 1. The first-order valence-electron chi connectivity index (χ1n) is 13.3. The van der Waals surface area contributed by atoms with E-state index in [9.17, 15) is 9.90 Å². The van der Waals surface area contributed by atoms with Crippen LogP contribution in [0, 0.1) is 0 Å². The standard InChI is InChI=1S/C29H28ClN3O5S/c1-36-23-10-16(28(34)35)11-24-26(23)31-29(39-24)33-17-8-9-18(33)13-19(12-17)37-14-21-25(20-4-2-3-5-22(20)30)32-38-27(21)15-6-7-15/h2-5,10-11,15,17-19H,6-9,12-14H2,1H3,(H,34,35)/t17-,18?,19?/m0/s1. The average Bonchev–Trinajstić information content (AvgIpc) is 3.45. The van der Waals surface area contributed by atoms with E-state index in [0.29, 0.717) is 40.9 Å². The smallest absolute Gasteiger partial charge is 0.335 e. The maximum atomic E-state index is 11.6. The van der Waals surface area contributed by atoms with Gasteiger partial charge in [-0.1, -0.05) is 46.3 Å². The largest absolute Gasteiger partial charge is 0.494 e. The summed E-state index contributed by atoms with van der Waals surface area (Å²) in [6.45, 7) is 0.455. The van der Waals surface area contributed by atoms with Crippen LogP contribution < -0.4 is 9.64 Å². The second-order valence-electron chi connectivity index (χ2n) is 10.7. The van der Waals surface area contributed by atoms with Crippen LogP contribution in [0.15, 0.2) is 40.9 Å². The fourth-order valence-electron chi connectivity index (χ4n) is 6.15. The minimum Gasteiger partial charge on any atom is -0.494 e. The third kappa shape index (κ3) is 4.46. The Morgan fingerprint density at radius 1 is 1.18 bits per heavy atom. The minimum absolute atomic E-state index is 0.127. The van der Waals surface area contributed by atoms with Gasteiger partial charge in [-0.3, -0.25) is 0 Å². The van der Waals surface area contributed by atoms with Crippen molar-refractivity contribution < 1.29 is 23.9 Å². The molecule has 0 spiro atoms. The van der Waals surface area contributed by atoms with Crippen LogP contribution in [0.25, 0.3) is 21.5 Å². The number of carboxylic acid groups (broad SMARTS) is 1. The SMILES string of the molecule is COc1cc(C(=O)O)cc2sc(N3C4CC[C@H]3CC(OCc3c(-c5ccccc5Cl)noc3C3CC3)C4)nc12. The number of methoxy groups -OCH3 is 1. The van der Waals surface area contributed by atoms with Crippen molar-refractivity contribution in [1.82, 2.24) is 10.1 Å². The summed E-state index contributed by atoms with van der Waals surface area (Å²) >= 11 is 8.04. The van der Waals surface area contributed by atoms with E-state index >= 15 is 0 Å². The highest BCUT2D eigenvalue weighted by molar-refractivity contribution is 7.22. The zero-order valence-corrected chi connectivity index (χ0v) is 23.0. The van der Waals surface area contributed by atoms with E-state index in [2.05, 4.69) is 10.1 Å². The Hall–Kier alpha value is -3.14. The lowest BCUT2D eigenvalue weighted by molar-refractivity contribution is 0.0147. The molecule has 3 atom stereocenters. The number of ether oxygens (including phenoxy) is 2. The summed E-state index contributed by atoms with van der Waals surface area (Å²) in [5.74, 6) is 0.878. The zero-order valence-electron chi connectivity index (χ0n) is 21.4. The number of aromatic nitrogens is 2. The van der Waals surface area contributed by atoms with Gasteiger partial charge in [-0.05, 0) is 56.7 Å². The molecule has 0 radical (unpaired) electrons. The lowest BCUT2D eigenvalue weighted by Crippen LogP contribution is -2.45. The van der Waals surface area contributed by atoms with Crippen LogP contribution in [0.1, 0.15) is 66.1 Å². The number of hydrogen-bond acceptors (Lipinski definition) is 8. The highest BCUT2D eigenvalue weighted by Crippen LogP contribution is 2.47. The van der Waals surface area contributed by atoms with Gasteiger partial charge in [0.1, 0.15) is 22.7 Å². The Kier molecular flexibility index (Phi) is 6.25. The molecular formula is C29H28ClN3O5S. The molecule has 2 bridgehead atoms. The fourth-order valence-corrected chi connectivity index (χ4v) is 7.54. The first-order chi connectivity index (χ1) is 19.0. The Morgan fingerprint density at radius 2 is 1.95 bits per heavy atom. The van der Waals surface area contributed by atoms with Crippen LogP contribution in [-0.2, 0) is 11.3 Å². The molecule has 7 rings (SSSR count). The van der Waals surface area contributed by atoms with E-state index in [1.165, 1.54) is 11.3 Å². The van der Waals surface area contributed by atoms with E-state index in [-0.39, 0.29) is 11.7 Å². The molecule has 4 aromatic rings. The molecule has 1 saturated carbocycles. The molecule has 2 saturated heterocycles. The van der Waals surface area contributed by atoms with Crippen molar-refractivity contribution >= 4 is 44.3 Å². The predicted octanol–water partition coefficient (Wildman–Crippen LogP) is 6.91. The van der Waals surface area contributed by atoms with Crippen molar-refractivity contribution in [2.24, 2.45) is 0 Å². The molecule has 1 N–H and O–H groups in total. The van der Waals surface area contributed by atoms with Crippen LogP contribution in [0.3, 0.4) is 0 Å². The van der Waals surface area contributed by atoms with Crippen LogP contribution in [0.2, 0.25) is 5.02 Å². The first kappa shape index (κ1) is 24.9. The lowest BCUT2D eigenvalue weighted by Gasteiger charge is -2.38. The summed E-state index contributed by atoms with van der Waals surface area (Å²) in [6.07, 6.45) is 6.36. The van der Waals surface area contributed by atoms with Gasteiger partial charge in [0.05, 0.1) is 35.1 Å². The number of carbonyl (C=O) groups is 1. The van der Waals surface area contributed by atoms with Crippen LogP contribution in [0.5, 0.6) is 5.75 Å². The molecule has 10 heteroatoms. The minimum atomic E-state index is -0.974. The monoisotopic (exact) mass is 565 g/mol. The lowest BCUT2D eigenvalue weighted by atomic mass is 10.00. The molecule has 2 aromatic heterocycles. The molecular weight excluding hydrogens is 538 g/mol. The number of nitrogens with zero attached hydrogens (tertiary/aromatic N) is 3. The molecule has 39 heavy (non-hydrogen) atoms. The molecule has 2 aliphatic heterocycles. The van der Waals surface area contributed by atoms with Gasteiger partial charge in [0.25, 0.3) is 0 Å². The third-order valence-electron chi connectivity index (χ3n) is 8.19. The van der Waals surface area contributed by atoms with Gasteiger partial charge in [0.15, 0.2) is 5.13 Å². The maximum Gasteiger partial charge on any atom is 0.335 e. The Labute approximate surface area is 234 Å². The summed E-state index contributed by atoms with van der Waals surface area (Å²) in [6, 6.07) is 11.6. The number of piperidine rings is 1. The predicted molar refractivity (Wildman–Crippen MR) is 149 cm³/mol. The molecule has 3 aliphatic rings. The van der Waals surface area contributed by atoms with Gasteiger partial charge < -0.3 is 24.0 Å². The summed E-state index contributed by atoms with van der Waals surface area (Å²) in [4.78, 5) is 18.9. The topological polar surface area (TPSA) is 97.9 Å². The highest BCUT2D eigenvalue weighted by atomic mass is 35.5. The van der Waals surface area contributed by atoms with E-state index in [0.717, 1.165) is 70.9 Å². The Balaban J connectivity index is 1.11. The summed E-state index contributed by atoms with van der Waals surface area (Å²) in [5, 5.41) is 15.5. The average molecular weight is 566 g/mol. The van der Waals surface area contributed by atoms with Crippen LogP contribution >= 0.6 is 22.9 Å². The van der Waals surface area contributed by atoms with Crippen LogP contribution in [0.4, 0.5) is 5.13 Å². The third-order valence-corrected chi connectivity index (χ3v) is 9.53. The van der Waals surface area contributed by atoms with E-state index < -0.39 is 5.97 Å². The molecule has 4 heterocycles. The molecule has 2 aromatic carbocycles. The molecule has 3 fully saturated rings. The van der Waals surface area contributed by atoms with Gasteiger partial charge in [-0.2, -0.15) is 0 Å². The van der Waals surface area contributed by atoms with Gasteiger partial charge >= 0.3 is 5.97 Å². The van der Waals surface area contributed by atoms with Gasteiger partial charge in [0.2, 0.25) is 0 Å². The molecule has 0 amide bonds.